The van der Waals surface area contributed by atoms with E-state index in [1.165, 1.54) is 11.1 Å². The van der Waals surface area contributed by atoms with Crippen LogP contribution in [0.3, 0.4) is 0 Å². The van der Waals surface area contributed by atoms with Crippen molar-refractivity contribution in [3.05, 3.63) is 35.4 Å². The number of benzene rings is 1. The maximum atomic E-state index is 8.82. The van der Waals surface area contributed by atoms with Crippen molar-refractivity contribution in [3.8, 4) is 6.07 Å². The molecule has 0 aromatic heterocycles. The third-order valence-electron chi connectivity index (χ3n) is 2.94. The van der Waals surface area contributed by atoms with Gasteiger partial charge in [0.05, 0.1) is 12.0 Å². The van der Waals surface area contributed by atoms with Gasteiger partial charge in [-0.05, 0) is 25.5 Å². The highest BCUT2D eigenvalue weighted by Crippen LogP contribution is 2.18. The van der Waals surface area contributed by atoms with Crippen molar-refractivity contribution in [1.82, 2.24) is 4.90 Å². The van der Waals surface area contributed by atoms with Crippen LogP contribution >= 0.6 is 0 Å². The molecule has 0 spiro atoms. The fourth-order valence-electron chi connectivity index (χ4n) is 2.15. The van der Waals surface area contributed by atoms with Gasteiger partial charge in [0.15, 0.2) is 0 Å². The Labute approximate surface area is 91.1 Å². The minimum atomic E-state index is 0.245. The van der Waals surface area contributed by atoms with Crippen LogP contribution in [0.5, 0.6) is 0 Å². The molecule has 0 N–H and O–H groups in total. The van der Waals surface area contributed by atoms with Gasteiger partial charge in [0, 0.05) is 13.1 Å². The smallest absolute Gasteiger partial charge is 0.0669 e. The lowest BCUT2D eigenvalue weighted by Gasteiger charge is -2.14. The third-order valence-corrected chi connectivity index (χ3v) is 2.94. The van der Waals surface area contributed by atoms with Gasteiger partial charge in [-0.3, -0.25) is 4.90 Å². The number of likely N-dealkylation sites (tertiary alicyclic amines) is 1. The first-order chi connectivity index (χ1) is 7.28. The summed E-state index contributed by atoms with van der Waals surface area (Å²) in [5.41, 5.74) is 2.66. The van der Waals surface area contributed by atoms with Gasteiger partial charge >= 0.3 is 0 Å². The molecule has 0 bridgehead atoms. The standard InChI is InChI=1S/C13H16N2/c1-11-3-2-4-12(7-11)9-15-6-5-13(8-14)10-15/h2-4,7,13H,5-6,9-10H2,1H3. The molecule has 1 heterocycles. The van der Waals surface area contributed by atoms with Gasteiger partial charge in [-0.15, -0.1) is 0 Å². The van der Waals surface area contributed by atoms with Crippen LogP contribution in [0.4, 0.5) is 0 Å². The zero-order valence-electron chi connectivity index (χ0n) is 9.11. The summed E-state index contributed by atoms with van der Waals surface area (Å²) in [6.45, 7) is 5.10. The van der Waals surface area contributed by atoms with Crippen molar-refractivity contribution in [2.45, 2.75) is 19.9 Å². The van der Waals surface area contributed by atoms with Gasteiger partial charge in [0.2, 0.25) is 0 Å². The molecule has 1 atom stereocenters. The van der Waals surface area contributed by atoms with Gasteiger partial charge in [0.25, 0.3) is 0 Å². The van der Waals surface area contributed by atoms with E-state index in [-0.39, 0.29) is 5.92 Å². The molecule has 1 aliphatic heterocycles. The number of nitrogens with zero attached hydrogens (tertiary/aromatic N) is 2. The molecule has 0 amide bonds. The number of aryl methyl sites for hydroxylation is 1. The molecule has 1 aromatic rings. The van der Waals surface area contributed by atoms with Gasteiger partial charge in [-0.25, -0.2) is 0 Å². The van der Waals surface area contributed by atoms with Gasteiger partial charge < -0.3 is 0 Å². The largest absolute Gasteiger partial charge is 0.298 e. The predicted octanol–water partition coefficient (Wildman–Crippen LogP) is 2.34. The van der Waals surface area contributed by atoms with E-state index in [2.05, 4.69) is 42.2 Å². The highest BCUT2D eigenvalue weighted by atomic mass is 15.1. The van der Waals surface area contributed by atoms with Crippen LogP contribution < -0.4 is 0 Å². The lowest BCUT2D eigenvalue weighted by molar-refractivity contribution is 0.325. The molecule has 2 rings (SSSR count). The zero-order valence-corrected chi connectivity index (χ0v) is 9.11. The highest BCUT2D eigenvalue weighted by molar-refractivity contribution is 5.22. The molecule has 0 saturated carbocycles. The summed E-state index contributed by atoms with van der Waals surface area (Å²) < 4.78 is 0. The molecule has 1 aromatic carbocycles. The fraction of sp³-hybridized carbons (Fsp3) is 0.462. The second-order valence-electron chi connectivity index (χ2n) is 4.34. The molecular formula is C13H16N2. The van der Waals surface area contributed by atoms with E-state index in [9.17, 15) is 0 Å². The Morgan fingerprint density at radius 3 is 3.07 bits per heavy atom. The van der Waals surface area contributed by atoms with Crippen LogP contribution in [-0.4, -0.2) is 18.0 Å². The van der Waals surface area contributed by atoms with Crippen molar-refractivity contribution in [1.29, 1.82) is 5.26 Å². The maximum Gasteiger partial charge on any atom is 0.0669 e. The summed E-state index contributed by atoms with van der Waals surface area (Å²) in [6, 6.07) is 10.9. The monoisotopic (exact) mass is 200 g/mol. The normalized spacial score (nSPS) is 21.5. The number of nitriles is 1. The molecule has 1 aliphatic rings. The minimum Gasteiger partial charge on any atom is -0.298 e. The van der Waals surface area contributed by atoms with Gasteiger partial charge in [-0.2, -0.15) is 5.26 Å². The van der Waals surface area contributed by atoms with Crippen molar-refractivity contribution in [3.63, 3.8) is 0 Å². The maximum absolute atomic E-state index is 8.82. The number of hydrogen-bond donors (Lipinski definition) is 0. The van der Waals surface area contributed by atoms with Crippen LogP contribution in [0.2, 0.25) is 0 Å². The Bertz CT molecular complexity index is 378. The molecule has 1 saturated heterocycles. The molecule has 0 radical (unpaired) electrons. The van der Waals surface area contributed by atoms with Crippen molar-refractivity contribution >= 4 is 0 Å². The SMILES string of the molecule is Cc1cccc(CN2CCC(C#N)C2)c1. The summed E-state index contributed by atoms with van der Waals surface area (Å²) in [7, 11) is 0. The van der Waals surface area contributed by atoms with Crippen molar-refractivity contribution in [2.24, 2.45) is 5.92 Å². The molecule has 15 heavy (non-hydrogen) atoms. The summed E-state index contributed by atoms with van der Waals surface area (Å²) in [6.07, 6.45) is 1.03. The highest BCUT2D eigenvalue weighted by Gasteiger charge is 2.21. The van der Waals surface area contributed by atoms with E-state index in [1.807, 2.05) is 0 Å². The lowest BCUT2D eigenvalue weighted by atomic mass is 10.1. The topological polar surface area (TPSA) is 27.0 Å². The van der Waals surface area contributed by atoms with Gasteiger partial charge in [-0.1, -0.05) is 29.8 Å². The molecular weight excluding hydrogens is 184 g/mol. The van der Waals surface area contributed by atoms with Crippen LogP contribution in [0, 0.1) is 24.2 Å². The Balaban J connectivity index is 1.96. The molecule has 1 unspecified atom stereocenters. The molecule has 78 valence electrons. The summed E-state index contributed by atoms with van der Waals surface area (Å²) >= 11 is 0. The summed E-state index contributed by atoms with van der Waals surface area (Å²) in [5.74, 6) is 0.245. The molecule has 2 heteroatoms. The first-order valence-electron chi connectivity index (χ1n) is 5.45. The minimum absolute atomic E-state index is 0.245. The first-order valence-corrected chi connectivity index (χ1v) is 5.45. The second kappa shape index (κ2) is 4.46. The van der Waals surface area contributed by atoms with E-state index < -0.39 is 0 Å². The molecule has 1 fully saturated rings. The van der Waals surface area contributed by atoms with E-state index in [4.69, 9.17) is 5.26 Å². The van der Waals surface area contributed by atoms with Crippen LogP contribution in [-0.2, 0) is 6.54 Å². The van der Waals surface area contributed by atoms with E-state index >= 15 is 0 Å². The van der Waals surface area contributed by atoms with Gasteiger partial charge in [0.1, 0.15) is 0 Å². The Morgan fingerprint density at radius 2 is 2.40 bits per heavy atom. The molecule has 2 nitrogen and oxygen atoms in total. The summed E-state index contributed by atoms with van der Waals surface area (Å²) in [5, 5.41) is 8.82. The van der Waals surface area contributed by atoms with Crippen LogP contribution in [0.1, 0.15) is 17.5 Å². The van der Waals surface area contributed by atoms with Crippen LogP contribution in [0.25, 0.3) is 0 Å². The number of rotatable bonds is 2. The van der Waals surface area contributed by atoms with E-state index in [1.54, 1.807) is 0 Å². The average Bonchev–Trinajstić information content (AvgIpc) is 2.65. The summed E-state index contributed by atoms with van der Waals surface area (Å²) in [4.78, 5) is 2.36. The first kappa shape index (κ1) is 10.2. The third kappa shape index (κ3) is 2.57. The molecule has 0 aliphatic carbocycles. The predicted molar refractivity (Wildman–Crippen MR) is 60.2 cm³/mol. The second-order valence-corrected chi connectivity index (χ2v) is 4.34. The van der Waals surface area contributed by atoms with E-state index in [0.29, 0.717) is 0 Å². The number of hydrogen-bond acceptors (Lipinski definition) is 2. The van der Waals surface area contributed by atoms with E-state index in [0.717, 1.165) is 26.1 Å². The Morgan fingerprint density at radius 1 is 1.53 bits per heavy atom. The van der Waals surface area contributed by atoms with Crippen molar-refractivity contribution < 1.29 is 0 Å². The quantitative estimate of drug-likeness (QED) is 0.732. The average molecular weight is 200 g/mol. The van der Waals surface area contributed by atoms with Crippen molar-refractivity contribution in [2.75, 3.05) is 13.1 Å². The zero-order chi connectivity index (χ0) is 10.7. The van der Waals surface area contributed by atoms with Crippen LogP contribution in [0.15, 0.2) is 24.3 Å². The fourth-order valence-corrected chi connectivity index (χ4v) is 2.15. The lowest BCUT2D eigenvalue weighted by Crippen LogP contribution is -2.19. The Hall–Kier alpha value is -1.33. The Kier molecular flexibility index (Phi) is 3.03.